The first-order chi connectivity index (χ1) is 14.4. The Morgan fingerprint density at radius 3 is 2.63 bits per heavy atom. The maximum atomic E-state index is 13.7. The lowest BCUT2D eigenvalue weighted by Gasteiger charge is -2.05. The zero-order valence-electron chi connectivity index (χ0n) is 15.6. The highest BCUT2D eigenvalue weighted by molar-refractivity contribution is 6.33. The first kappa shape index (κ1) is 20.8. The third kappa shape index (κ3) is 4.57. The van der Waals surface area contributed by atoms with Crippen LogP contribution in [0.2, 0.25) is 5.02 Å². The number of para-hydroxylation sites is 1. The number of nitriles is 1. The van der Waals surface area contributed by atoms with E-state index in [0.29, 0.717) is 11.3 Å². The van der Waals surface area contributed by atoms with Crippen molar-refractivity contribution >= 4 is 35.2 Å². The van der Waals surface area contributed by atoms with E-state index in [1.807, 2.05) is 0 Å². The first-order valence-corrected chi connectivity index (χ1v) is 8.96. The van der Waals surface area contributed by atoms with Gasteiger partial charge >= 0.3 is 5.97 Å². The molecule has 0 aliphatic heterocycles. The van der Waals surface area contributed by atoms with Crippen molar-refractivity contribution in [3.63, 3.8) is 0 Å². The highest BCUT2D eigenvalue weighted by atomic mass is 35.5. The Balaban J connectivity index is 1.82. The molecule has 150 valence electrons. The van der Waals surface area contributed by atoms with Crippen LogP contribution in [-0.4, -0.2) is 19.0 Å². The van der Waals surface area contributed by atoms with Crippen molar-refractivity contribution in [2.24, 2.45) is 0 Å². The maximum absolute atomic E-state index is 13.7. The summed E-state index contributed by atoms with van der Waals surface area (Å²) in [5.41, 5.74) is 0.495. The van der Waals surface area contributed by atoms with Crippen LogP contribution in [0.3, 0.4) is 0 Å². The highest BCUT2D eigenvalue weighted by Crippen LogP contribution is 2.28. The predicted octanol–water partition coefficient (Wildman–Crippen LogP) is 5.07. The smallest absolute Gasteiger partial charge is 0.339 e. The minimum absolute atomic E-state index is 0.0379. The molecule has 0 spiro atoms. The molecule has 1 aromatic heterocycles. The van der Waals surface area contributed by atoms with Crippen LogP contribution in [0.25, 0.3) is 17.4 Å². The second kappa shape index (κ2) is 9.07. The topological polar surface area (TPSA) is 92.3 Å². The molecule has 0 fully saturated rings. The van der Waals surface area contributed by atoms with Gasteiger partial charge in [0.2, 0.25) is 0 Å². The zero-order chi connectivity index (χ0) is 21.7. The number of ether oxygens (including phenoxy) is 1. The highest BCUT2D eigenvalue weighted by Gasteiger charge is 2.15. The third-order valence-corrected chi connectivity index (χ3v) is 4.37. The van der Waals surface area contributed by atoms with Crippen LogP contribution < -0.4 is 5.32 Å². The fraction of sp³-hybridized carbons (Fsp3) is 0.0455. The number of esters is 1. The lowest BCUT2D eigenvalue weighted by atomic mass is 10.1. The number of hydrogen-bond acceptors (Lipinski definition) is 5. The summed E-state index contributed by atoms with van der Waals surface area (Å²) >= 11 is 6.12. The minimum Gasteiger partial charge on any atom is -0.465 e. The number of amides is 1. The monoisotopic (exact) mass is 424 g/mol. The van der Waals surface area contributed by atoms with Crippen molar-refractivity contribution in [1.29, 1.82) is 5.26 Å². The van der Waals surface area contributed by atoms with Gasteiger partial charge in [0, 0.05) is 11.6 Å². The summed E-state index contributed by atoms with van der Waals surface area (Å²) in [5, 5.41) is 11.8. The summed E-state index contributed by atoms with van der Waals surface area (Å²) < 4.78 is 24.0. The van der Waals surface area contributed by atoms with E-state index in [9.17, 15) is 19.2 Å². The summed E-state index contributed by atoms with van der Waals surface area (Å²) in [7, 11) is 1.26. The second-order valence-electron chi connectivity index (χ2n) is 5.99. The Morgan fingerprint density at radius 2 is 1.97 bits per heavy atom. The van der Waals surface area contributed by atoms with Gasteiger partial charge in [-0.1, -0.05) is 29.8 Å². The van der Waals surface area contributed by atoms with Gasteiger partial charge in [-0.15, -0.1) is 0 Å². The van der Waals surface area contributed by atoms with Crippen LogP contribution in [0.1, 0.15) is 16.1 Å². The average Bonchev–Trinajstić information content (AvgIpc) is 3.21. The number of rotatable bonds is 5. The standard InChI is InChI=1S/C22H14ClFN2O4/c1-29-22(28)16-8-6-13(11-17(16)23)20-9-7-15(30-20)10-14(12-25)21(27)26-19-5-3-2-4-18(19)24/h2-11H,1H3,(H,26,27)/b14-10-. The minimum atomic E-state index is -0.772. The van der Waals surface area contributed by atoms with E-state index in [0.717, 1.165) is 0 Å². The quantitative estimate of drug-likeness (QED) is 0.350. The number of benzene rings is 2. The first-order valence-electron chi connectivity index (χ1n) is 8.58. The SMILES string of the molecule is COC(=O)c1ccc(-c2ccc(/C=C(/C#N)C(=O)Nc3ccccc3F)o2)cc1Cl. The fourth-order valence-electron chi connectivity index (χ4n) is 2.57. The van der Waals surface area contributed by atoms with Gasteiger partial charge in [0.1, 0.15) is 29.0 Å². The van der Waals surface area contributed by atoms with Crippen molar-refractivity contribution in [2.75, 3.05) is 12.4 Å². The number of halogens is 2. The van der Waals surface area contributed by atoms with Crippen LogP contribution >= 0.6 is 11.6 Å². The molecule has 6 nitrogen and oxygen atoms in total. The van der Waals surface area contributed by atoms with Crippen molar-refractivity contribution in [2.45, 2.75) is 0 Å². The molecule has 0 radical (unpaired) electrons. The van der Waals surface area contributed by atoms with E-state index >= 15 is 0 Å². The molecule has 3 aromatic rings. The molecule has 2 aromatic carbocycles. The lowest BCUT2D eigenvalue weighted by Crippen LogP contribution is -2.14. The summed E-state index contributed by atoms with van der Waals surface area (Å²) in [6.07, 6.45) is 1.24. The number of hydrogen-bond donors (Lipinski definition) is 1. The van der Waals surface area contributed by atoms with Crippen LogP contribution in [0, 0.1) is 17.1 Å². The number of furan rings is 1. The molecule has 0 saturated carbocycles. The van der Waals surface area contributed by atoms with Gasteiger partial charge in [-0.3, -0.25) is 4.79 Å². The number of nitrogens with one attached hydrogen (secondary N) is 1. The molecular formula is C22H14ClFN2O4. The lowest BCUT2D eigenvalue weighted by molar-refractivity contribution is -0.112. The van der Waals surface area contributed by atoms with Gasteiger partial charge < -0.3 is 14.5 Å². The van der Waals surface area contributed by atoms with E-state index in [4.69, 9.17) is 16.0 Å². The van der Waals surface area contributed by atoms with Crippen molar-refractivity contribution in [1.82, 2.24) is 0 Å². The number of anilines is 1. The zero-order valence-corrected chi connectivity index (χ0v) is 16.4. The molecule has 0 unspecified atom stereocenters. The molecular weight excluding hydrogens is 411 g/mol. The van der Waals surface area contributed by atoms with E-state index in [-0.39, 0.29) is 27.6 Å². The summed E-state index contributed by atoms with van der Waals surface area (Å²) in [6.45, 7) is 0. The van der Waals surface area contributed by atoms with Gasteiger partial charge in [-0.05, 0) is 36.4 Å². The predicted molar refractivity (Wildman–Crippen MR) is 109 cm³/mol. The largest absolute Gasteiger partial charge is 0.465 e. The Hall–Kier alpha value is -3.89. The average molecular weight is 425 g/mol. The molecule has 0 bridgehead atoms. The Morgan fingerprint density at radius 1 is 1.20 bits per heavy atom. The van der Waals surface area contributed by atoms with Crippen molar-refractivity contribution in [3.8, 4) is 17.4 Å². The Bertz CT molecular complexity index is 1190. The summed E-state index contributed by atoms with van der Waals surface area (Å²) in [6, 6.07) is 15.2. The van der Waals surface area contributed by atoms with Crippen LogP contribution in [-0.2, 0) is 9.53 Å². The van der Waals surface area contributed by atoms with Gasteiger partial charge in [0.25, 0.3) is 5.91 Å². The maximum Gasteiger partial charge on any atom is 0.339 e. The second-order valence-corrected chi connectivity index (χ2v) is 6.40. The van der Waals surface area contributed by atoms with Crippen LogP contribution in [0.5, 0.6) is 0 Å². The molecule has 0 atom stereocenters. The molecule has 0 aliphatic carbocycles. The number of carbonyl (C=O) groups is 2. The molecule has 0 aliphatic rings. The fourth-order valence-corrected chi connectivity index (χ4v) is 2.83. The van der Waals surface area contributed by atoms with E-state index < -0.39 is 17.7 Å². The molecule has 1 amide bonds. The molecule has 3 rings (SSSR count). The Labute approximate surface area is 176 Å². The third-order valence-electron chi connectivity index (χ3n) is 4.06. The van der Waals surface area contributed by atoms with Gasteiger partial charge in [-0.25, -0.2) is 9.18 Å². The Kier molecular flexibility index (Phi) is 6.30. The number of methoxy groups -OCH3 is 1. The van der Waals surface area contributed by atoms with Crippen LogP contribution in [0.4, 0.5) is 10.1 Å². The molecule has 0 saturated heterocycles. The van der Waals surface area contributed by atoms with Crippen LogP contribution in [0.15, 0.2) is 64.6 Å². The number of nitrogens with zero attached hydrogens (tertiary/aromatic N) is 1. The molecule has 30 heavy (non-hydrogen) atoms. The van der Waals surface area contributed by atoms with Gasteiger partial charge in [0.15, 0.2) is 0 Å². The van der Waals surface area contributed by atoms with E-state index in [1.165, 1.54) is 43.5 Å². The van der Waals surface area contributed by atoms with Crippen molar-refractivity contribution < 1.29 is 23.1 Å². The number of carbonyl (C=O) groups excluding carboxylic acids is 2. The van der Waals surface area contributed by atoms with E-state index in [1.54, 1.807) is 30.3 Å². The summed E-state index contributed by atoms with van der Waals surface area (Å²) in [5.74, 6) is -1.30. The normalized spacial score (nSPS) is 10.9. The molecule has 1 N–H and O–H groups in total. The van der Waals surface area contributed by atoms with Gasteiger partial charge in [0.05, 0.1) is 23.4 Å². The van der Waals surface area contributed by atoms with Crippen molar-refractivity contribution in [3.05, 3.63) is 82.3 Å². The molecule has 8 heteroatoms. The summed E-state index contributed by atoms with van der Waals surface area (Å²) in [4.78, 5) is 23.9. The molecule has 1 heterocycles. The van der Waals surface area contributed by atoms with Gasteiger partial charge in [-0.2, -0.15) is 5.26 Å². The van der Waals surface area contributed by atoms with E-state index in [2.05, 4.69) is 10.1 Å².